The molecule has 3 aromatic carbocycles. The standard InChI is InChI=1S/C38H48BrN5O3/c1-44(34-10-7-20-40-34)22-16-27(17-23-44)15-21-41-36(46)33(24-28-8-3-2-4-9-28)42-37(47)38(18-5-6-19-38)43-35(45)31-12-11-30-26-32(39)14-13-29(30)25-31/h2-4,8-9,11-14,25-27,33-34,40H,5-7,10,15-24H2,1H3,(H2-,41,42,43,45,46,47)/p+1/t27?,33-,34+,44?/m1/s1. The van der Waals surface area contributed by atoms with E-state index in [1.165, 1.54) is 38.8 Å². The first-order chi connectivity index (χ1) is 22.7. The molecule has 9 heteroatoms. The highest BCUT2D eigenvalue weighted by molar-refractivity contribution is 9.10. The SMILES string of the molecule is C[N+]1([C@H]2CCCN2)CCC(CCNC(=O)[C@@H](Cc2ccccc2)NC(=O)C2(NC(=O)c3ccc4cc(Br)ccc4c3)CCCC2)CC1. The molecule has 0 bridgehead atoms. The van der Waals surface area contributed by atoms with Crippen LogP contribution in [0.2, 0.25) is 0 Å². The third-order valence-electron chi connectivity index (χ3n) is 10.9. The zero-order valence-corrected chi connectivity index (χ0v) is 29.1. The highest BCUT2D eigenvalue weighted by Crippen LogP contribution is 2.32. The number of quaternary nitrogens is 1. The molecule has 4 N–H and O–H groups in total. The summed E-state index contributed by atoms with van der Waals surface area (Å²) in [6.45, 7) is 4.07. The zero-order valence-electron chi connectivity index (χ0n) is 27.5. The highest BCUT2D eigenvalue weighted by Gasteiger charge is 2.44. The number of hydrogen-bond acceptors (Lipinski definition) is 4. The van der Waals surface area contributed by atoms with Gasteiger partial charge in [0.05, 0.1) is 20.1 Å². The quantitative estimate of drug-likeness (QED) is 0.200. The molecule has 47 heavy (non-hydrogen) atoms. The van der Waals surface area contributed by atoms with Crippen LogP contribution in [0.1, 0.15) is 73.7 Å². The summed E-state index contributed by atoms with van der Waals surface area (Å²) in [4.78, 5) is 41.3. The molecular formula is C38H49BrN5O3+. The summed E-state index contributed by atoms with van der Waals surface area (Å²) >= 11 is 3.50. The van der Waals surface area contributed by atoms with Gasteiger partial charge in [0, 0.05) is 36.0 Å². The molecule has 2 heterocycles. The summed E-state index contributed by atoms with van der Waals surface area (Å²) in [5.41, 5.74) is 0.436. The maximum absolute atomic E-state index is 14.1. The van der Waals surface area contributed by atoms with Crippen LogP contribution >= 0.6 is 15.9 Å². The molecular weight excluding hydrogens is 654 g/mol. The first-order valence-electron chi connectivity index (χ1n) is 17.5. The molecule has 250 valence electrons. The largest absolute Gasteiger partial charge is 0.354 e. The normalized spacial score (nSPS) is 24.5. The highest BCUT2D eigenvalue weighted by atomic mass is 79.9. The van der Waals surface area contributed by atoms with Crippen LogP contribution in [0.15, 0.2) is 71.2 Å². The zero-order chi connectivity index (χ0) is 32.9. The van der Waals surface area contributed by atoms with E-state index in [-0.39, 0.29) is 17.7 Å². The number of piperidine rings is 1. The molecule has 8 nitrogen and oxygen atoms in total. The van der Waals surface area contributed by atoms with Crippen LogP contribution in [0.3, 0.4) is 0 Å². The van der Waals surface area contributed by atoms with Gasteiger partial charge in [-0.25, -0.2) is 0 Å². The summed E-state index contributed by atoms with van der Waals surface area (Å²) in [6, 6.07) is 20.6. The van der Waals surface area contributed by atoms with Crippen molar-refractivity contribution in [3.05, 3.63) is 82.3 Å². The van der Waals surface area contributed by atoms with Crippen LogP contribution in [0.4, 0.5) is 0 Å². The molecule has 2 atom stereocenters. The van der Waals surface area contributed by atoms with Gasteiger partial charge in [-0.15, -0.1) is 0 Å². The van der Waals surface area contributed by atoms with Crippen molar-refractivity contribution in [1.82, 2.24) is 21.3 Å². The average molecular weight is 704 g/mol. The Morgan fingerprint density at radius 1 is 0.936 bits per heavy atom. The van der Waals surface area contributed by atoms with Gasteiger partial charge in [-0.3, -0.25) is 19.7 Å². The fraction of sp³-hybridized carbons (Fsp3) is 0.500. The molecule has 3 amide bonds. The van der Waals surface area contributed by atoms with E-state index in [0.29, 0.717) is 43.5 Å². The van der Waals surface area contributed by atoms with Crippen LogP contribution in [0.5, 0.6) is 0 Å². The molecule has 3 fully saturated rings. The van der Waals surface area contributed by atoms with Crippen LogP contribution in [0, 0.1) is 5.92 Å². The first kappa shape index (κ1) is 33.6. The Bertz CT molecular complexity index is 1560. The third-order valence-corrected chi connectivity index (χ3v) is 11.4. The van der Waals surface area contributed by atoms with Gasteiger partial charge in [-0.2, -0.15) is 0 Å². The molecule has 0 spiro atoms. The number of amides is 3. The second kappa shape index (κ2) is 14.9. The summed E-state index contributed by atoms with van der Waals surface area (Å²) in [6.07, 6.45) is 9.55. The molecule has 2 saturated heterocycles. The van der Waals surface area contributed by atoms with E-state index in [9.17, 15) is 14.4 Å². The van der Waals surface area contributed by atoms with Crippen molar-refractivity contribution in [2.75, 3.05) is 33.2 Å². The summed E-state index contributed by atoms with van der Waals surface area (Å²) in [5.74, 6) is -0.136. The Kier molecular flexibility index (Phi) is 10.6. The number of carbonyl (C=O) groups excluding carboxylic acids is 3. The van der Waals surface area contributed by atoms with E-state index in [1.54, 1.807) is 6.07 Å². The number of nitrogens with one attached hydrogen (secondary N) is 4. The van der Waals surface area contributed by atoms with Crippen molar-refractivity contribution in [1.29, 1.82) is 0 Å². The number of benzene rings is 3. The minimum atomic E-state index is -1.05. The van der Waals surface area contributed by atoms with E-state index in [4.69, 9.17) is 0 Å². The van der Waals surface area contributed by atoms with E-state index < -0.39 is 11.6 Å². The molecule has 1 saturated carbocycles. The summed E-state index contributed by atoms with van der Waals surface area (Å²) < 4.78 is 2.09. The van der Waals surface area contributed by atoms with Crippen LogP contribution in [-0.2, 0) is 16.0 Å². The Balaban J connectivity index is 1.09. The van der Waals surface area contributed by atoms with Crippen LogP contribution < -0.4 is 21.3 Å². The number of fused-ring (bicyclic) bond motifs is 1. The maximum Gasteiger partial charge on any atom is 0.252 e. The van der Waals surface area contributed by atoms with Crippen molar-refractivity contribution in [3.63, 3.8) is 0 Å². The van der Waals surface area contributed by atoms with Gasteiger partial charge >= 0.3 is 0 Å². The number of rotatable bonds is 11. The lowest BCUT2D eigenvalue weighted by atomic mass is 9.91. The van der Waals surface area contributed by atoms with Crippen molar-refractivity contribution >= 4 is 44.4 Å². The minimum absolute atomic E-state index is 0.172. The number of hydrogen-bond donors (Lipinski definition) is 4. The lowest BCUT2D eigenvalue weighted by Crippen LogP contribution is -2.61. The van der Waals surface area contributed by atoms with Crippen molar-refractivity contribution < 1.29 is 18.9 Å². The van der Waals surface area contributed by atoms with Crippen molar-refractivity contribution in [3.8, 4) is 0 Å². The van der Waals surface area contributed by atoms with E-state index >= 15 is 0 Å². The smallest absolute Gasteiger partial charge is 0.252 e. The molecule has 3 aromatic rings. The number of likely N-dealkylation sites (tertiary alicyclic amines) is 1. The van der Waals surface area contributed by atoms with Crippen LogP contribution in [-0.4, -0.2) is 73.2 Å². The van der Waals surface area contributed by atoms with Gasteiger partial charge in [0.15, 0.2) is 0 Å². The lowest BCUT2D eigenvalue weighted by molar-refractivity contribution is -0.940. The van der Waals surface area contributed by atoms with E-state index in [0.717, 1.165) is 51.1 Å². The topological polar surface area (TPSA) is 99.3 Å². The van der Waals surface area contributed by atoms with Crippen molar-refractivity contribution in [2.45, 2.75) is 82.0 Å². The third kappa shape index (κ3) is 8.07. The number of nitrogens with zero attached hydrogens (tertiary/aromatic N) is 1. The lowest BCUT2D eigenvalue weighted by Gasteiger charge is -2.44. The van der Waals surface area contributed by atoms with Crippen LogP contribution in [0.25, 0.3) is 10.8 Å². The van der Waals surface area contributed by atoms with Crippen molar-refractivity contribution in [2.24, 2.45) is 5.92 Å². The van der Waals surface area contributed by atoms with Gasteiger partial charge in [0.25, 0.3) is 5.91 Å². The second-order valence-electron chi connectivity index (χ2n) is 14.2. The molecule has 0 aromatic heterocycles. The fourth-order valence-electron chi connectivity index (χ4n) is 7.92. The Hall–Kier alpha value is -3.27. The monoisotopic (exact) mass is 702 g/mol. The van der Waals surface area contributed by atoms with Gasteiger partial charge in [-0.1, -0.05) is 71.2 Å². The van der Waals surface area contributed by atoms with Gasteiger partial charge in [-0.05, 0) is 85.0 Å². The van der Waals surface area contributed by atoms with Gasteiger partial charge in [0.2, 0.25) is 11.8 Å². The van der Waals surface area contributed by atoms with E-state index in [1.807, 2.05) is 60.7 Å². The Morgan fingerprint density at radius 3 is 2.38 bits per heavy atom. The average Bonchev–Trinajstić information content (AvgIpc) is 3.80. The van der Waals surface area contributed by atoms with Gasteiger partial charge < -0.3 is 20.4 Å². The Labute approximate surface area is 287 Å². The molecule has 0 radical (unpaired) electrons. The molecule has 1 aliphatic carbocycles. The summed E-state index contributed by atoms with van der Waals surface area (Å²) in [7, 11) is 2.39. The molecule has 3 aliphatic rings. The summed E-state index contributed by atoms with van der Waals surface area (Å²) in [5, 5.41) is 15.0. The fourth-order valence-corrected chi connectivity index (χ4v) is 8.30. The minimum Gasteiger partial charge on any atom is -0.354 e. The first-order valence-corrected chi connectivity index (χ1v) is 18.2. The van der Waals surface area contributed by atoms with Gasteiger partial charge in [0.1, 0.15) is 17.7 Å². The number of carbonyl (C=O) groups is 3. The Morgan fingerprint density at radius 2 is 1.66 bits per heavy atom. The number of halogens is 1. The van der Waals surface area contributed by atoms with E-state index in [2.05, 4.69) is 44.2 Å². The molecule has 2 aliphatic heterocycles. The predicted octanol–water partition coefficient (Wildman–Crippen LogP) is 5.44. The maximum atomic E-state index is 14.1. The molecule has 0 unspecified atom stereocenters. The molecule has 6 rings (SSSR count). The second-order valence-corrected chi connectivity index (χ2v) is 15.1. The predicted molar refractivity (Wildman–Crippen MR) is 190 cm³/mol.